The first-order chi connectivity index (χ1) is 7.16. The van der Waals surface area contributed by atoms with Crippen LogP contribution in [-0.2, 0) is 0 Å². The summed E-state index contributed by atoms with van der Waals surface area (Å²) in [7, 11) is 0. The monoisotopic (exact) mass is 246 g/mol. The van der Waals surface area contributed by atoms with Gasteiger partial charge in [0.15, 0.2) is 0 Å². The topological polar surface area (TPSA) is 52.0 Å². The van der Waals surface area contributed by atoms with Crippen LogP contribution in [-0.4, -0.2) is 6.54 Å². The van der Waals surface area contributed by atoms with Crippen LogP contribution in [0.1, 0.15) is 36.4 Å². The van der Waals surface area contributed by atoms with Crippen molar-refractivity contribution >= 4 is 12.4 Å². The molecule has 0 bridgehead atoms. The van der Waals surface area contributed by atoms with E-state index in [1.54, 1.807) is 13.0 Å². The van der Waals surface area contributed by atoms with E-state index in [-0.39, 0.29) is 24.3 Å². The molecule has 0 spiro atoms. The fraction of sp³-hybridized carbons (Fsp3) is 0.500. The van der Waals surface area contributed by atoms with Crippen LogP contribution < -0.4 is 11.5 Å². The molecule has 16 heavy (non-hydrogen) atoms. The van der Waals surface area contributed by atoms with E-state index in [0.29, 0.717) is 12.1 Å². The molecule has 1 atom stereocenters. The lowest BCUT2D eigenvalue weighted by Crippen LogP contribution is -2.13. The van der Waals surface area contributed by atoms with E-state index in [1.165, 1.54) is 6.07 Å². The molecule has 4 N–H and O–H groups in total. The van der Waals surface area contributed by atoms with Gasteiger partial charge in [-0.05, 0) is 43.5 Å². The Hall–Kier alpha value is -0.640. The fourth-order valence-corrected chi connectivity index (χ4v) is 1.69. The largest absolute Gasteiger partial charge is 0.330 e. The van der Waals surface area contributed by atoms with Crippen molar-refractivity contribution in [3.8, 4) is 0 Å². The molecule has 0 saturated carbocycles. The van der Waals surface area contributed by atoms with Crippen molar-refractivity contribution in [3.05, 3.63) is 35.1 Å². The summed E-state index contributed by atoms with van der Waals surface area (Å²) in [5, 5.41) is 0. The second-order valence-electron chi connectivity index (χ2n) is 3.85. The van der Waals surface area contributed by atoms with Gasteiger partial charge in [0.05, 0.1) is 0 Å². The average molecular weight is 247 g/mol. The molecule has 0 unspecified atom stereocenters. The van der Waals surface area contributed by atoms with Crippen molar-refractivity contribution in [3.63, 3.8) is 0 Å². The van der Waals surface area contributed by atoms with Gasteiger partial charge < -0.3 is 11.5 Å². The summed E-state index contributed by atoms with van der Waals surface area (Å²) in [6, 6.07) is 4.99. The SMILES string of the molecule is Cc1c(F)cccc1[C@H](N)CCCCN.Cl. The highest BCUT2D eigenvalue weighted by Crippen LogP contribution is 2.21. The summed E-state index contributed by atoms with van der Waals surface area (Å²) in [4.78, 5) is 0. The summed E-state index contributed by atoms with van der Waals surface area (Å²) in [6.07, 6.45) is 2.83. The van der Waals surface area contributed by atoms with Gasteiger partial charge in [0.2, 0.25) is 0 Å². The lowest BCUT2D eigenvalue weighted by molar-refractivity contribution is 0.573. The van der Waals surface area contributed by atoms with E-state index in [1.807, 2.05) is 6.07 Å². The Balaban J connectivity index is 0.00000225. The van der Waals surface area contributed by atoms with Crippen molar-refractivity contribution in [2.24, 2.45) is 11.5 Å². The molecule has 0 heterocycles. The summed E-state index contributed by atoms with van der Waals surface area (Å²) in [6.45, 7) is 2.46. The van der Waals surface area contributed by atoms with E-state index in [2.05, 4.69) is 0 Å². The predicted octanol–water partition coefficient (Wildman–Crippen LogP) is 2.68. The maximum absolute atomic E-state index is 13.3. The van der Waals surface area contributed by atoms with E-state index in [0.717, 1.165) is 24.8 Å². The zero-order chi connectivity index (χ0) is 11.3. The van der Waals surface area contributed by atoms with E-state index in [4.69, 9.17) is 11.5 Å². The Morgan fingerprint density at radius 2 is 2.00 bits per heavy atom. The van der Waals surface area contributed by atoms with Gasteiger partial charge in [-0.2, -0.15) is 0 Å². The minimum Gasteiger partial charge on any atom is -0.330 e. The molecule has 2 nitrogen and oxygen atoms in total. The van der Waals surface area contributed by atoms with Crippen LogP contribution in [0.2, 0.25) is 0 Å². The number of hydrogen-bond acceptors (Lipinski definition) is 2. The van der Waals surface area contributed by atoms with Gasteiger partial charge in [-0.25, -0.2) is 4.39 Å². The Morgan fingerprint density at radius 3 is 2.62 bits per heavy atom. The second kappa shape index (κ2) is 7.60. The number of unbranched alkanes of at least 4 members (excludes halogenated alkanes) is 1. The fourth-order valence-electron chi connectivity index (χ4n) is 1.69. The van der Waals surface area contributed by atoms with Crippen LogP contribution in [0.15, 0.2) is 18.2 Å². The molecule has 92 valence electrons. The molecule has 0 saturated heterocycles. The molecule has 0 aliphatic heterocycles. The van der Waals surface area contributed by atoms with Gasteiger partial charge in [0.1, 0.15) is 5.82 Å². The molecule has 4 heteroatoms. The maximum atomic E-state index is 13.3. The van der Waals surface area contributed by atoms with Crippen LogP contribution in [0.4, 0.5) is 4.39 Å². The highest BCUT2D eigenvalue weighted by atomic mass is 35.5. The van der Waals surface area contributed by atoms with Gasteiger partial charge in [0.25, 0.3) is 0 Å². The molecule has 0 amide bonds. The quantitative estimate of drug-likeness (QED) is 0.785. The van der Waals surface area contributed by atoms with Crippen molar-refractivity contribution in [1.82, 2.24) is 0 Å². The minimum absolute atomic E-state index is 0. The zero-order valence-electron chi connectivity index (χ0n) is 9.58. The molecule has 0 fully saturated rings. The van der Waals surface area contributed by atoms with Crippen molar-refractivity contribution in [2.45, 2.75) is 32.2 Å². The molecular weight excluding hydrogens is 227 g/mol. The smallest absolute Gasteiger partial charge is 0.126 e. The van der Waals surface area contributed by atoms with Crippen molar-refractivity contribution < 1.29 is 4.39 Å². The highest BCUT2D eigenvalue weighted by Gasteiger charge is 2.10. The van der Waals surface area contributed by atoms with E-state index < -0.39 is 0 Å². The maximum Gasteiger partial charge on any atom is 0.126 e. The van der Waals surface area contributed by atoms with Crippen LogP contribution in [0, 0.1) is 12.7 Å². The predicted molar refractivity (Wildman–Crippen MR) is 68.2 cm³/mol. The van der Waals surface area contributed by atoms with Gasteiger partial charge in [0, 0.05) is 6.04 Å². The first-order valence-corrected chi connectivity index (χ1v) is 5.37. The third-order valence-corrected chi connectivity index (χ3v) is 2.68. The summed E-state index contributed by atoms with van der Waals surface area (Å²) in [5.41, 5.74) is 13.0. The number of halogens is 2. The van der Waals surface area contributed by atoms with E-state index in [9.17, 15) is 4.39 Å². The van der Waals surface area contributed by atoms with Crippen LogP contribution in [0.3, 0.4) is 0 Å². The van der Waals surface area contributed by atoms with Crippen LogP contribution in [0.5, 0.6) is 0 Å². The van der Waals surface area contributed by atoms with Crippen molar-refractivity contribution in [1.29, 1.82) is 0 Å². The molecule has 0 aliphatic carbocycles. The number of nitrogens with two attached hydrogens (primary N) is 2. The Morgan fingerprint density at radius 1 is 1.31 bits per heavy atom. The van der Waals surface area contributed by atoms with Gasteiger partial charge in [-0.1, -0.05) is 18.6 Å². The van der Waals surface area contributed by atoms with Crippen molar-refractivity contribution in [2.75, 3.05) is 6.54 Å². The molecule has 1 rings (SSSR count). The number of hydrogen-bond donors (Lipinski definition) is 2. The molecule has 0 radical (unpaired) electrons. The van der Waals surface area contributed by atoms with Gasteiger partial charge in [-0.15, -0.1) is 12.4 Å². The first kappa shape index (κ1) is 15.4. The Labute approximate surface area is 103 Å². The minimum atomic E-state index is -0.179. The van der Waals surface area contributed by atoms with Gasteiger partial charge >= 0.3 is 0 Å². The Kier molecular flexibility index (Phi) is 7.30. The average Bonchev–Trinajstić information content (AvgIpc) is 2.22. The highest BCUT2D eigenvalue weighted by molar-refractivity contribution is 5.85. The molecule has 0 aromatic heterocycles. The van der Waals surface area contributed by atoms with E-state index >= 15 is 0 Å². The van der Waals surface area contributed by atoms with Crippen LogP contribution >= 0.6 is 12.4 Å². The second-order valence-corrected chi connectivity index (χ2v) is 3.85. The molecular formula is C12H20ClFN2. The van der Waals surface area contributed by atoms with Gasteiger partial charge in [-0.3, -0.25) is 0 Å². The first-order valence-electron chi connectivity index (χ1n) is 5.37. The normalized spacial score (nSPS) is 12.0. The zero-order valence-corrected chi connectivity index (χ0v) is 10.4. The Bertz CT molecular complexity index is 318. The third-order valence-electron chi connectivity index (χ3n) is 2.68. The third kappa shape index (κ3) is 4.08. The molecule has 1 aromatic carbocycles. The number of rotatable bonds is 5. The summed E-state index contributed by atoms with van der Waals surface area (Å²) < 4.78 is 13.3. The lowest BCUT2D eigenvalue weighted by atomic mass is 9.97. The number of benzene rings is 1. The summed E-state index contributed by atoms with van der Waals surface area (Å²) >= 11 is 0. The lowest BCUT2D eigenvalue weighted by Gasteiger charge is -2.14. The standard InChI is InChI=1S/C12H19FN2.ClH/c1-9-10(5-4-6-11(9)13)12(15)7-2-3-8-14;/h4-6,12H,2-3,7-8,14-15H2,1H3;1H/t12-;/m1./s1. The molecule has 0 aliphatic rings. The van der Waals surface area contributed by atoms with Crippen LogP contribution in [0.25, 0.3) is 0 Å². The summed E-state index contributed by atoms with van der Waals surface area (Å²) in [5.74, 6) is -0.179. The molecule has 1 aromatic rings.